The van der Waals surface area contributed by atoms with Crippen molar-refractivity contribution in [1.29, 1.82) is 5.26 Å². The Morgan fingerprint density at radius 3 is 2.67 bits per heavy atom. The van der Waals surface area contributed by atoms with Crippen LogP contribution in [0.1, 0.15) is 4.88 Å². The lowest BCUT2D eigenvalue weighted by atomic mass is 10.1. The molecule has 0 aliphatic carbocycles. The number of hydrogen-bond donors (Lipinski definition) is 0. The van der Waals surface area contributed by atoms with Crippen LogP contribution in [0.3, 0.4) is 0 Å². The van der Waals surface area contributed by atoms with Crippen LogP contribution in [0, 0.1) is 11.3 Å². The highest BCUT2D eigenvalue weighted by molar-refractivity contribution is 7.11. The van der Waals surface area contributed by atoms with Gasteiger partial charge in [-0.05, 0) is 28.6 Å². The molecule has 1 nitrogen and oxygen atoms in total. The van der Waals surface area contributed by atoms with Gasteiger partial charge in [-0.1, -0.05) is 30.3 Å². The van der Waals surface area contributed by atoms with Crippen molar-refractivity contribution < 1.29 is 0 Å². The standard InChI is InChI=1S/C13H9NS/c14-8-4-7-13-9-12(10-15-13)11-5-2-1-3-6-11/h1-7,9-10H. The second kappa shape index (κ2) is 4.59. The van der Waals surface area contributed by atoms with E-state index in [4.69, 9.17) is 5.26 Å². The van der Waals surface area contributed by atoms with Crippen LogP contribution >= 0.6 is 11.3 Å². The van der Waals surface area contributed by atoms with Gasteiger partial charge in [0.05, 0.1) is 6.07 Å². The lowest BCUT2D eigenvalue weighted by Gasteiger charge is -1.94. The molecule has 0 atom stereocenters. The summed E-state index contributed by atoms with van der Waals surface area (Å²) >= 11 is 1.65. The van der Waals surface area contributed by atoms with E-state index in [2.05, 4.69) is 23.6 Å². The van der Waals surface area contributed by atoms with E-state index in [-0.39, 0.29) is 0 Å². The van der Waals surface area contributed by atoms with Gasteiger partial charge in [0.2, 0.25) is 0 Å². The number of allylic oxidation sites excluding steroid dienone is 1. The van der Waals surface area contributed by atoms with E-state index >= 15 is 0 Å². The van der Waals surface area contributed by atoms with Gasteiger partial charge in [0.1, 0.15) is 0 Å². The van der Waals surface area contributed by atoms with Crippen LogP contribution in [0.5, 0.6) is 0 Å². The Balaban J connectivity index is 2.29. The van der Waals surface area contributed by atoms with E-state index in [1.165, 1.54) is 17.2 Å². The first-order valence-electron chi connectivity index (χ1n) is 4.60. The van der Waals surface area contributed by atoms with Crippen LogP contribution in [0.15, 0.2) is 47.9 Å². The molecule has 15 heavy (non-hydrogen) atoms. The van der Waals surface area contributed by atoms with Crippen LogP contribution in [-0.4, -0.2) is 0 Å². The van der Waals surface area contributed by atoms with Crippen LogP contribution in [-0.2, 0) is 0 Å². The average Bonchev–Trinajstić information content (AvgIpc) is 2.76. The summed E-state index contributed by atoms with van der Waals surface area (Å²) in [5.41, 5.74) is 2.42. The third-order valence-electron chi connectivity index (χ3n) is 2.05. The summed E-state index contributed by atoms with van der Waals surface area (Å²) in [6, 6.07) is 14.3. The Kier molecular flexibility index (Phi) is 2.96. The van der Waals surface area contributed by atoms with Gasteiger partial charge in [0.15, 0.2) is 0 Å². The lowest BCUT2D eigenvalue weighted by Crippen LogP contribution is -1.70. The van der Waals surface area contributed by atoms with Crippen LogP contribution in [0.25, 0.3) is 17.2 Å². The fraction of sp³-hybridized carbons (Fsp3) is 0. The first-order chi connectivity index (χ1) is 7.40. The predicted molar refractivity (Wildman–Crippen MR) is 64.4 cm³/mol. The molecule has 72 valence electrons. The van der Waals surface area contributed by atoms with Gasteiger partial charge in [-0.2, -0.15) is 5.26 Å². The van der Waals surface area contributed by atoms with Gasteiger partial charge in [-0.15, -0.1) is 11.3 Å². The summed E-state index contributed by atoms with van der Waals surface area (Å²) in [5.74, 6) is 0. The smallest absolute Gasteiger partial charge is 0.0912 e. The third kappa shape index (κ3) is 2.34. The molecule has 1 aromatic heterocycles. The zero-order valence-electron chi connectivity index (χ0n) is 8.05. The molecule has 0 N–H and O–H groups in total. The molecular weight excluding hydrogens is 202 g/mol. The number of hydrogen-bond acceptors (Lipinski definition) is 2. The van der Waals surface area contributed by atoms with Crippen molar-refractivity contribution in [2.75, 3.05) is 0 Å². The largest absolute Gasteiger partial charge is 0.193 e. The van der Waals surface area contributed by atoms with E-state index < -0.39 is 0 Å². The van der Waals surface area contributed by atoms with Crippen molar-refractivity contribution >= 4 is 17.4 Å². The molecule has 2 rings (SSSR count). The molecular formula is C13H9NS. The Bertz CT molecular complexity index is 503. The van der Waals surface area contributed by atoms with Crippen LogP contribution in [0.4, 0.5) is 0 Å². The normalized spacial score (nSPS) is 10.3. The summed E-state index contributed by atoms with van der Waals surface area (Å²) in [6.07, 6.45) is 3.33. The quantitative estimate of drug-likeness (QED) is 0.690. The first-order valence-corrected chi connectivity index (χ1v) is 5.48. The van der Waals surface area contributed by atoms with E-state index in [9.17, 15) is 0 Å². The fourth-order valence-corrected chi connectivity index (χ4v) is 2.15. The SMILES string of the molecule is N#CC=Cc1cc(-c2ccccc2)cs1. The van der Waals surface area contributed by atoms with Gasteiger partial charge in [-0.3, -0.25) is 0 Å². The first kappa shape index (κ1) is 9.70. The van der Waals surface area contributed by atoms with Crippen molar-refractivity contribution in [3.63, 3.8) is 0 Å². The highest BCUT2D eigenvalue weighted by Gasteiger charge is 1.98. The van der Waals surface area contributed by atoms with E-state index in [1.807, 2.05) is 30.3 Å². The minimum atomic E-state index is 1.11. The molecule has 2 heteroatoms. The summed E-state index contributed by atoms with van der Waals surface area (Å²) in [5, 5.41) is 10.5. The zero-order valence-corrected chi connectivity index (χ0v) is 8.87. The maximum atomic E-state index is 8.42. The average molecular weight is 211 g/mol. The summed E-state index contributed by atoms with van der Waals surface area (Å²) in [4.78, 5) is 1.11. The molecule has 1 heterocycles. The van der Waals surface area contributed by atoms with Crippen molar-refractivity contribution in [3.05, 3.63) is 52.7 Å². The molecule has 0 fully saturated rings. The summed E-state index contributed by atoms with van der Waals surface area (Å²) in [7, 11) is 0. The minimum Gasteiger partial charge on any atom is -0.193 e. The van der Waals surface area contributed by atoms with E-state index in [0.717, 1.165) is 4.88 Å². The maximum absolute atomic E-state index is 8.42. The number of nitriles is 1. The number of rotatable bonds is 2. The Morgan fingerprint density at radius 1 is 1.13 bits per heavy atom. The van der Waals surface area contributed by atoms with E-state index in [1.54, 1.807) is 11.3 Å². The molecule has 0 aliphatic heterocycles. The van der Waals surface area contributed by atoms with Crippen molar-refractivity contribution in [2.24, 2.45) is 0 Å². The Morgan fingerprint density at radius 2 is 1.93 bits per heavy atom. The zero-order chi connectivity index (χ0) is 10.5. The van der Waals surface area contributed by atoms with E-state index in [0.29, 0.717) is 0 Å². The van der Waals surface area contributed by atoms with Gasteiger partial charge < -0.3 is 0 Å². The molecule has 2 aromatic rings. The van der Waals surface area contributed by atoms with Gasteiger partial charge in [-0.25, -0.2) is 0 Å². The Labute approximate surface area is 92.9 Å². The molecule has 0 radical (unpaired) electrons. The summed E-state index contributed by atoms with van der Waals surface area (Å²) < 4.78 is 0. The number of thiophene rings is 1. The topological polar surface area (TPSA) is 23.8 Å². The highest BCUT2D eigenvalue weighted by atomic mass is 32.1. The molecule has 1 aromatic carbocycles. The minimum absolute atomic E-state index is 1.11. The molecule has 0 amide bonds. The van der Waals surface area contributed by atoms with Crippen molar-refractivity contribution in [1.82, 2.24) is 0 Å². The molecule has 0 unspecified atom stereocenters. The summed E-state index contributed by atoms with van der Waals surface area (Å²) in [6.45, 7) is 0. The lowest BCUT2D eigenvalue weighted by molar-refractivity contribution is 1.54. The van der Waals surface area contributed by atoms with Crippen LogP contribution < -0.4 is 0 Å². The van der Waals surface area contributed by atoms with Crippen LogP contribution in [0.2, 0.25) is 0 Å². The molecule has 0 saturated heterocycles. The maximum Gasteiger partial charge on any atom is 0.0912 e. The fourth-order valence-electron chi connectivity index (χ4n) is 1.34. The number of nitrogens with zero attached hydrogens (tertiary/aromatic N) is 1. The second-order valence-corrected chi connectivity index (χ2v) is 4.01. The third-order valence-corrected chi connectivity index (χ3v) is 2.95. The molecule has 0 aliphatic rings. The number of benzene rings is 1. The molecule has 0 bridgehead atoms. The highest BCUT2D eigenvalue weighted by Crippen LogP contribution is 2.25. The molecule has 0 spiro atoms. The van der Waals surface area contributed by atoms with Gasteiger partial charge >= 0.3 is 0 Å². The second-order valence-electron chi connectivity index (χ2n) is 3.07. The van der Waals surface area contributed by atoms with Crippen molar-refractivity contribution in [2.45, 2.75) is 0 Å². The monoisotopic (exact) mass is 211 g/mol. The Hall–Kier alpha value is -1.85. The molecule has 0 saturated carbocycles. The van der Waals surface area contributed by atoms with Crippen molar-refractivity contribution in [3.8, 4) is 17.2 Å². The predicted octanol–water partition coefficient (Wildman–Crippen LogP) is 3.95. The van der Waals surface area contributed by atoms with Gasteiger partial charge in [0, 0.05) is 11.0 Å². The van der Waals surface area contributed by atoms with Gasteiger partial charge in [0.25, 0.3) is 0 Å².